The Morgan fingerprint density at radius 1 is 1.36 bits per heavy atom. The van der Waals surface area contributed by atoms with Gasteiger partial charge in [0, 0.05) is 52.2 Å². The lowest BCUT2D eigenvalue weighted by molar-refractivity contribution is 0.0732. The summed E-state index contributed by atoms with van der Waals surface area (Å²) in [4.78, 5) is 8.63. The van der Waals surface area contributed by atoms with Crippen LogP contribution in [0.1, 0.15) is 31.4 Å². The zero-order chi connectivity index (χ0) is 15.7. The van der Waals surface area contributed by atoms with Gasteiger partial charge in [-0.05, 0) is 36.8 Å². The van der Waals surface area contributed by atoms with E-state index in [2.05, 4.69) is 20.6 Å². The fraction of sp³-hybridized carbons (Fsp3) is 0.647. The summed E-state index contributed by atoms with van der Waals surface area (Å²) in [6.45, 7) is 2.65. The predicted molar refractivity (Wildman–Crippen MR) is 90.1 cm³/mol. The Morgan fingerprint density at radius 2 is 2.23 bits per heavy atom. The third-order valence-electron chi connectivity index (χ3n) is 4.50. The van der Waals surface area contributed by atoms with Gasteiger partial charge in [-0.15, -0.1) is 0 Å². The van der Waals surface area contributed by atoms with Crippen LogP contribution in [0.25, 0.3) is 0 Å². The summed E-state index contributed by atoms with van der Waals surface area (Å²) in [6, 6.07) is 6.01. The number of pyridine rings is 1. The van der Waals surface area contributed by atoms with Crippen molar-refractivity contribution in [1.29, 1.82) is 0 Å². The van der Waals surface area contributed by atoms with Crippen LogP contribution in [-0.4, -0.2) is 44.8 Å². The van der Waals surface area contributed by atoms with Gasteiger partial charge in [-0.2, -0.15) is 0 Å². The number of aliphatic imine (C=N–C) groups is 1. The molecule has 0 atom stereocenters. The second-order valence-corrected chi connectivity index (χ2v) is 6.02. The van der Waals surface area contributed by atoms with E-state index in [1.807, 2.05) is 31.4 Å². The second-order valence-electron chi connectivity index (χ2n) is 6.02. The Hall–Kier alpha value is -1.62. The van der Waals surface area contributed by atoms with Crippen molar-refractivity contribution in [2.75, 3.05) is 33.9 Å². The molecule has 2 rings (SSSR count). The van der Waals surface area contributed by atoms with Crippen molar-refractivity contribution < 1.29 is 4.74 Å². The molecule has 0 aliphatic heterocycles. The molecule has 1 aromatic heterocycles. The second kappa shape index (κ2) is 8.73. The minimum absolute atomic E-state index is 0.397. The van der Waals surface area contributed by atoms with Crippen molar-refractivity contribution in [3.63, 3.8) is 0 Å². The van der Waals surface area contributed by atoms with Crippen molar-refractivity contribution in [2.24, 2.45) is 10.4 Å². The number of nitrogens with zero attached hydrogens (tertiary/aromatic N) is 2. The lowest BCUT2D eigenvalue weighted by Gasteiger charge is -2.42. The number of hydrogen-bond donors (Lipinski definition) is 2. The predicted octanol–water partition coefficient (Wildman–Crippen LogP) is 2.00. The Kier molecular flexibility index (Phi) is 6.65. The van der Waals surface area contributed by atoms with Crippen LogP contribution in [0.2, 0.25) is 0 Å². The molecule has 1 heterocycles. The van der Waals surface area contributed by atoms with Gasteiger partial charge >= 0.3 is 0 Å². The summed E-state index contributed by atoms with van der Waals surface area (Å²) >= 11 is 0. The van der Waals surface area contributed by atoms with Crippen LogP contribution in [0.5, 0.6) is 0 Å². The first-order chi connectivity index (χ1) is 10.8. The number of aromatic nitrogens is 1. The largest absolute Gasteiger partial charge is 0.385 e. The minimum atomic E-state index is 0.397. The third-order valence-corrected chi connectivity index (χ3v) is 4.50. The normalized spacial score (nSPS) is 16.9. The third kappa shape index (κ3) is 4.98. The van der Waals surface area contributed by atoms with E-state index in [1.165, 1.54) is 19.3 Å². The van der Waals surface area contributed by atoms with Gasteiger partial charge < -0.3 is 15.4 Å². The van der Waals surface area contributed by atoms with E-state index in [4.69, 9.17) is 4.74 Å². The highest BCUT2D eigenvalue weighted by Gasteiger charge is 2.36. The summed E-state index contributed by atoms with van der Waals surface area (Å²) in [5.41, 5.74) is 1.50. The molecule has 0 bridgehead atoms. The molecule has 122 valence electrons. The zero-order valence-corrected chi connectivity index (χ0v) is 13.8. The first kappa shape index (κ1) is 16.7. The molecule has 0 radical (unpaired) electrons. The van der Waals surface area contributed by atoms with E-state index in [1.54, 1.807) is 7.11 Å². The van der Waals surface area contributed by atoms with Crippen molar-refractivity contribution in [1.82, 2.24) is 15.6 Å². The number of nitrogens with one attached hydrogen (secondary N) is 2. The Bertz CT molecular complexity index is 457. The van der Waals surface area contributed by atoms with Crippen LogP contribution in [0, 0.1) is 5.41 Å². The number of hydrogen-bond acceptors (Lipinski definition) is 3. The fourth-order valence-electron chi connectivity index (χ4n) is 2.86. The van der Waals surface area contributed by atoms with E-state index in [-0.39, 0.29) is 0 Å². The van der Waals surface area contributed by atoms with Crippen LogP contribution in [0.15, 0.2) is 29.4 Å². The summed E-state index contributed by atoms with van der Waals surface area (Å²) in [7, 11) is 3.59. The maximum atomic E-state index is 5.24. The van der Waals surface area contributed by atoms with Crippen LogP contribution in [-0.2, 0) is 11.2 Å². The van der Waals surface area contributed by atoms with Crippen molar-refractivity contribution in [2.45, 2.75) is 32.1 Å². The van der Waals surface area contributed by atoms with Crippen LogP contribution in [0.4, 0.5) is 0 Å². The molecular formula is C17H28N4O. The van der Waals surface area contributed by atoms with E-state index in [9.17, 15) is 0 Å². The minimum Gasteiger partial charge on any atom is -0.385 e. The maximum Gasteiger partial charge on any atom is 0.191 e. The molecule has 1 aromatic rings. The van der Waals surface area contributed by atoms with Gasteiger partial charge in [-0.3, -0.25) is 9.98 Å². The maximum absolute atomic E-state index is 5.24. The van der Waals surface area contributed by atoms with Crippen LogP contribution in [0.3, 0.4) is 0 Å². The molecule has 0 spiro atoms. The van der Waals surface area contributed by atoms with Crippen molar-refractivity contribution in [3.8, 4) is 0 Å². The van der Waals surface area contributed by atoms with Gasteiger partial charge in [-0.25, -0.2) is 0 Å². The van der Waals surface area contributed by atoms with Gasteiger partial charge in [-0.1, -0.05) is 12.5 Å². The molecule has 1 aliphatic carbocycles. The Labute approximate surface area is 133 Å². The lowest BCUT2D eigenvalue weighted by Crippen LogP contribution is -2.47. The SMILES string of the molecule is CN=C(NCCc1ccccn1)NCC1(CCOC)CCC1. The molecule has 0 amide bonds. The molecular weight excluding hydrogens is 276 g/mol. The molecule has 0 saturated heterocycles. The topological polar surface area (TPSA) is 58.5 Å². The standard InChI is InChI=1S/C17H28N4O/c1-18-16(20-12-7-15-6-3-4-11-19-15)21-14-17(8-5-9-17)10-13-22-2/h3-4,6,11H,5,7-10,12-14H2,1-2H3,(H2,18,20,21). The van der Waals surface area contributed by atoms with E-state index in [0.717, 1.165) is 44.2 Å². The number of ether oxygens (including phenoxy) is 1. The van der Waals surface area contributed by atoms with Gasteiger partial charge in [0.1, 0.15) is 0 Å². The average Bonchev–Trinajstić information content (AvgIpc) is 2.52. The van der Waals surface area contributed by atoms with Gasteiger partial charge in [0.25, 0.3) is 0 Å². The highest BCUT2D eigenvalue weighted by molar-refractivity contribution is 5.79. The number of rotatable bonds is 8. The molecule has 1 aliphatic rings. The molecule has 5 nitrogen and oxygen atoms in total. The molecule has 22 heavy (non-hydrogen) atoms. The molecule has 0 unspecified atom stereocenters. The Morgan fingerprint density at radius 3 is 2.82 bits per heavy atom. The molecule has 1 saturated carbocycles. The zero-order valence-electron chi connectivity index (χ0n) is 13.8. The smallest absolute Gasteiger partial charge is 0.191 e. The molecule has 1 fully saturated rings. The molecule has 0 aromatic carbocycles. The molecule has 5 heteroatoms. The first-order valence-corrected chi connectivity index (χ1v) is 8.11. The fourth-order valence-corrected chi connectivity index (χ4v) is 2.86. The first-order valence-electron chi connectivity index (χ1n) is 8.11. The summed E-state index contributed by atoms with van der Waals surface area (Å²) < 4.78 is 5.24. The Balaban J connectivity index is 1.71. The van der Waals surface area contributed by atoms with Crippen molar-refractivity contribution in [3.05, 3.63) is 30.1 Å². The average molecular weight is 304 g/mol. The van der Waals surface area contributed by atoms with Crippen molar-refractivity contribution >= 4 is 5.96 Å². The summed E-state index contributed by atoms with van der Waals surface area (Å²) in [5.74, 6) is 0.875. The number of methoxy groups -OCH3 is 1. The summed E-state index contributed by atoms with van der Waals surface area (Å²) in [6.07, 6.45) is 7.76. The lowest BCUT2D eigenvalue weighted by atomic mass is 9.67. The van der Waals surface area contributed by atoms with E-state index < -0.39 is 0 Å². The quantitative estimate of drug-likeness (QED) is 0.570. The number of guanidine groups is 1. The van der Waals surface area contributed by atoms with Crippen LogP contribution < -0.4 is 10.6 Å². The highest BCUT2D eigenvalue weighted by atomic mass is 16.5. The van der Waals surface area contributed by atoms with Gasteiger partial charge in [0.15, 0.2) is 5.96 Å². The van der Waals surface area contributed by atoms with E-state index in [0.29, 0.717) is 5.41 Å². The summed E-state index contributed by atoms with van der Waals surface area (Å²) in [5, 5.41) is 6.83. The van der Waals surface area contributed by atoms with Crippen LogP contribution >= 0.6 is 0 Å². The van der Waals surface area contributed by atoms with Gasteiger partial charge in [0.2, 0.25) is 0 Å². The molecule has 2 N–H and O–H groups in total. The van der Waals surface area contributed by atoms with Gasteiger partial charge in [0.05, 0.1) is 0 Å². The van der Waals surface area contributed by atoms with E-state index >= 15 is 0 Å². The monoisotopic (exact) mass is 304 g/mol. The highest BCUT2D eigenvalue weighted by Crippen LogP contribution is 2.43.